The van der Waals surface area contributed by atoms with Crippen molar-refractivity contribution in [3.05, 3.63) is 29.8 Å². The molecule has 21 heavy (non-hydrogen) atoms. The third-order valence-electron chi connectivity index (χ3n) is 4.21. The molecule has 0 aromatic heterocycles. The lowest BCUT2D eigenvalue weighted by molar-refractivity contribution is 0.297. The Morgan fingerprint density at radius 1 is 1.19 bits per heavy atom. The summed E-state index contributed by atoms with van der Waals surface area (Å²) in [5.41, 5.74) is 1.14. The molecule has 1 aliphatic heterocycles. The van der Waals surface area contributed by atoms with Gasteiger partial charge in [0.1, 0.15) is 0 Å². The van der Waals surface area contributed by atoms with Gasteiger partial charge in [-0.1, -0.05) is 19.1 Å². The van der Waals surface area contributed by atoms with E-state index < -0.39 is 9.84 Å². The summed E-state index contributed by atoms with van der Waals surface area (Å²) >= 11 is 0. The lowest BCUT2D eigenvalue weighted by atomic mass is 10.1. The first-order chi connectivity index (χ1) is 9.99. The van der Waals surface area contributed by atoms with Crippen LogP contribution in [0.1, 0.15) is 31.7 Å². The van der Waals surface area contributed by atoms with Crippen molar-refractivity contribution in [2.75, 3.05) is 25.9 Å². The number of likely N-dealkylation sites (tertiary alicyclic amines) is 1. The van der Waals surface area contributed by atoms with Gasteiger partial charge in [0.15, 0.2) is 9.84 Å². The van der Waals surface area contributed by atoms with Crippen LogP contribution in [0.4, 0.5) is 0 Å². The van der Waals surface area contributed by atoms with E-state index in [2.05, 4.69) is 17.1 Å². The summed E-state index contributed by atoms with van der Waals surface area (Å²) in [5, 5.41) is 3.60. The van der Waals surface area contributed by atoms with Gasteiger partial charge in [0.05, 0.1) is 4.90 Å². The fourth-order valence-electron chi connectivity index (χ4n) is 2.79. The second-order valence-electron chi connectivity index (χ2n) is 5.86. The molecule has 1 aliphatic rings. The standard InChI is InChI=1S/C16H26N2O2S/c1-3-18-11-4-5-15(10-12-18)17-13-14-6-8-16(9-7-14)21(2,19)20/h6-9,15,17H,3-5,10-13H2,1-2H3. The molecule has 118 valence electrons. The first kappa shape index (κ1) is 16.5. The lowest BCUT2D eigenvalue weighted by Gasteiger charge is -2.18. The number of sulfone groups is 1. The summed E-state index contributed by atoms with van der Waals surface area (Å²) in [7, 11) is -3.09. The van der Waals surface area contributed by atoms with Gasteiger partial charge in [-0.25, -0.2) is 8.42 Å². The van der Waals surface area contributed by atoms with Crippen LogP contribution < -0.4 is 5.32 Å². The SMILES string of the molecule is CCN1CCCC(NCc2ccc(S(C)(=O)=O)cc2)CC1. The highest BCUT2D eigenvalue weighted by molar-refractivity contribution is 7.90. The molecule has 1 heterocycles. The molecule has 0 amide bonds. The molecule has 1 aromatic carbocycles. The first-order valence-corrected chi connectivity index (χ1v) is 9.63. The maximum absolute atomic E-state index is 11.4. The van der Waals surface area contributed by atoms with Gasteiger partial charge in [0, 0.05) is 18.8 Å². The van der Waals surface area contributed by atoms with Crippen LogP contribution in [0.5, 0.6) is 0 Å². The molecule has 1 unspecified atom stereocenters. The summed E-state index contributed by atoms with van der Waals surface area (Å²) in [4.78, 5) is 2.89. The Balaban J connectivity index is 1.85. The van der Waals surface area contributed by atoms with E-state index >= 15 is 0 Å². The molecule has 1 saturated heterocycles. The normalized spacial score (nSPS) is 21.1. The molecular formula is C16H26N2O2S. The minimum Gasteiger partial charge on any atom is -0.310 e. The molecule has 0 saturated carbocycles. The molecule has 0 aliphatic carbocycles. The van der Waals surface area contributed by atoms with E-state index in [0.717, 1.165) is 18.7 Å². The third kappa shape index (κ3) is 5.09. The summed E-state index contributed by atoms with van der Waals surface area (Å²) < 4.78 is 22.9. The van der Waals surface area contributed by atoms with E-state index in [1.54, 1.807) is 12.1 Å². The van der Waals surface area contributed by atoms with Crippen LogP contribution >= 0.6 is 0 Å². The smallest absolute Gasteiger partial charge is 0.175 e. The van der Waals surface area contributed by atoms with Crippen molar-refractivity contribution >= 4 is 9.84 Å². The predicted octanol–water partition coefficient (Wildman–Crippen LogP) is 2.05. The maximum Gasteiger partial charge on any atom is 0.175 e. The van der Waals surface area contributed by atoms with E-state index in [1.807, 2.05) is 12.1 Å². The summed E-state index contributed by atoms with van der Waals surface area (Å²) in [6.45, 7) is 6.54. The number of nitrogens with one attached hydrogen (secondary N) is 1. The second kappa shape index (κ2) is 7.38. The molecule has 5 heteroatoms. The molecule has 0 bridgehead atoms. The molecule has 0 spiro atoms. The maximum atomic E-state index is 11.4. The topological polar surface area (TPSA) is 49.4 Å². The molecule has 4 nitrogen and oxygen atoms in total. The van der Waals surface area contributed by atoms with E-state index in [1.165, 1.54) is 38.6 Å². The van der Waals surface area contributed by atoms with E-state index in [4.69, 9.17) is 0 Å². The summed E-state index contributed by atoms with van der Waals surface area (Å²) in [6, 6.07) is 7.75. The second-order valence-corrected chi connectivity index (χ2v) is 7.87. The number of hydrogen-bond donors (Lipinski definition) is 1. The van der Waals surface area contributed by atoms with E-state index in [0.29, 0.717) is 10.9 Å². The van der Waals surface area contributed by atoms with E-state index in [9.17, 15) is 8.42 Å². The van der Waals surface area contributed by atoms with Crippen LogP contribution in [0.2, 0.25) is 0 Å². The Bertz CT molecular complexity index is 540. The third-order valence-corrected chi connectivity index (χ3v) is 5.34. The summed E-state index contributed by atoms with van der Waals surface area (Å²) in [6.07, 6.45) is 4.90. The van der Waals surface area contributed by atoms with Gasteiger partial charge in [-0.05, 0) is 56.6 Å². The highest BCUT2D eigenvalue weighted by atomic mass is 32.2. The van der Waals surface area contributed by atoms with Gasteiger partial charge in [0.25, 0.3) is 0 Å². The number of hydrogen-bond acceptors (Lipinski definition) is 4. The highest BCUT2D eigenvalue weighted by Gasteiger charge is 2.15. The molecule has 1 N–H and O–H groups in total. The molecule has 1 aromatic rings. The van der Waals surface area contributed by atoms with Crippen LogP contribution in [0.25, 0.3) is 0 Å². The lowest BCUT2D eigenvalue weighted by Crippen LogP contribution is -2.30. The molecule has 2 rings (SSSR count). The molecular weight excluding hydrogens is 284 g/mol. The summed E-state index contributed by atoms with van der Waals surface area (Å²) in [5.74, 6) is 0. The number of nitrogens with zero attached hydrogens (tertiary/aromatic N) is 1. The fraction of sp³-hybridized carbons (Fsp3) is 0.625. The van der Waals surface area contributed by atoms with E-state index in [-0.39, 0.29) is 0 Å². The monoisotopic (exact) mass is 310 g/mol. The minimum atomic E-state index is -3.09. The zero-order valence-electron chi connectivity index (χ0n) is 13.0. The Hall–Kier alpha value is -0.910. The van der Waals surface area contributed by atoms with Crippen LogP contribution in [-0.2, 0) is 16.4 Å². The zero-order valence-corrected chi connectivity index (χ0v) is 13.8. The molecule has 0 radical (unpaired) electrons. The quantitative estimate of drug-likeness (QED) is 0.904. The van der Waals surface area contributed by atoms with Crippen LogP contribution in [0.3, 0.4) is 0 Å². The van der Waals surface area contributed by atoms with Crippen molar-refractivity contribution in [2.45, 2.75) is 43.7 Å². The van der Waals surface area contributed by atoms with Crippen molar-refractivity contribution in [3.8, 4) is 0 Å². The van der Waals surface area contributed by atoms with Gasteiger partial charge in [0.2, 0.25) is 0 Å². The average molecular weight is 310 g/mol. The highest BCUT2D eigenvalue weighted by Crippen LogP contribution is 2.13. The van der Waals surface area contributed by atoms with Crippen molar-refractivity contribution in [3.63, 3.8) is 0 Å². The Morgan fingerprint density at radius 2 is 1.90 bits per heavy atom. The Kier molecular flexibility index (Phi) is 5.79. The van der Waals surface area contributed by atoms with Crippen LogP contribution in [-0.4, -0.2) is 45.2 Å². The van der Waals surface area contributed by atoms with Crippen LogP contribution in [0.15, 0.2) is 29.2 Å². The number of benzene rings is 1. The molecule has 1 atom stereocenters. The Labute approximate surface area is 128 Å². The van der Waals surface area contributed by atoms with Crippen molar-refractivity contribution < 1.29 is 8.42 Å². The van der Waals surface area contributed by atoms with Crippen molar-refractivity contribution in [2.24, 2.45) is 0 Å². The predicted molar refractivity (Wildman–Crippen MR) is 86.1 cm³/mol. The van der Waals surface area contributed by atoms with Gasteiger partial charge in [-0.15, -0.1) is 0 Å². The van der Waals surface area contributed by atoms with Gasteiger partial charge in [-0.3, -0.25) is 0 Å². The zero-order chi connectivity index (χ0) is 15.3. The first-order valence-electron chi connectivity index (χ1n) is 7.74. The van der Waals surface area contributed by atoms with Gasteiger partial charge in [-0.2, -0.15) is 0 Å². The van der Waals surface area contributed by atoms with Crippen molar-refractivity contribution in [1.82, 2.24) is 10.2 Å². The Morgan fingerprint density at radius 3 is 2.52 bits per heavy atom. The van der Waals surface area contributed by atoms with Crippen LogP contribution in [0, 0.1) is 0 Å². The van der Waals surface area contributed by atoms with Crippen molar-refractivity contribution in [1.29, 1.82) is 0 Å². The van der Waals surface area contributed by atoms with Gasteiger partial charge < -0.3 is 10.2 Å². The van der Waals surface area contributed by atoms with Gasteiger partial charge >= 0.3 is 0 Å². The number of rotatable bonds is 5. The molecule has 1 fully saturated rings. The largest absolute Gasteiger partial charge is 0.310 e. The minimum absolute atomic E-state index is 0.388. The average Bonchev–Trinajstić information content (AvgIpc) is 2.69. The fourth-order valence-corrected chi connectivity index (χ4v) is 3.42.